The summed E-state index contributed by atoms with van der Waals surface area (Å²) in [5.41, 5.74) is 0.729. The van der Waals surface area contributed by atoms with E-state index >= 15 is 0 Å². The average molecular weight is 379 g/mol. The number of halogens is 1. The van der Waals surface area contributed by atoms with Gasteiger partial charge >= 0.3 is 5.97 Å². The number of carboxylic acid groups (broad SMARTS) is 1. The van der Waals surface area contributed by atoms with Crippen LogP contribution in [-0.4, -0.2) is 25.5 Å². The van der Waals surface area contributed by atoms with E-state index in [1.165, 1.54) is 36.4 Å². The van der Waals surface area contributed by atoms with E-state index in [-0.39, 0.29) is 17.2 Å². The lowest BCUT2D eigenvalue weighted by molar-refractivity contribution is -0.139. The molecule has 138 valence electrons. The molecule has 1 heterocycles. The standard InChI is InChI=1S/C18H18FNO5S/c1-10(2)7-15(18(21)22)20-26(23,24)12-4-6-16-14(9-12)13-5-3-11(19)8-17(13)25-16/h3-6,8-10,15,20H,7H2,1-2H3,(H,21,22)/t15-/m0/s1. The summed E-state index contributed by atoms with van der Waals surface area (Å²) in [4.78, 5) is 11.3. The molecule has 3 aromatic rings. The van der Waals surface area contributed by atoms with Gasteiger partial charge in [0.15, 0.2) is 0 Å². The fourth-order valence-electron chi connectivity index (χ4n) is 2.82. The Morgan fingerprint density at radius 3 is 2.54 bits per heavy atom. The summed E-state index contributed by atoms with van der Waals surface area (Å²) >= 11 is 0. The molecule has 0 saturated carbocycles. The van der Waals surface area contributed by atoms with Gasteiger partial charge in [0.25, 0.3) is 0 Å². The maximum absolute atomic E-state index is 13.3. The number of carbonyl (C=O) groups is 1. The molecule has 0 bridgehead atoms. The summed E-state index contributed by atoms with van der Waals surface area (Å²) in [6.07, 6.45) is 0.171. The van der Waals surface area contributed by atoms with Crippen LogP contribution in [-0.2, 0) is 14.8 Å². The maximum Gasteiger partial charge on any atom is 0.321 e. The largest absolute Gasteiger partial charge is 0.480 e. The van der Waals surface area contributed by atoms with Crippen molar-refractivity contribution in [1.82, 2.24) is 4.72 Å². The zero-order valence-electron chi connectivity index (χ0n) is 14.2. The molecule has 2 N–H and O–H groups in total. The van der Waals surface area contributed by atoms with E-state index in [1.54, 1.807) is 0 Å². The molecule has 0 amide bonds. The molecule has 1 aromatic heterocycles. The molecule has 2 aromatic carbocycles. The average Bonchev–Trinajstić information content (AvgIpc) is 2.89. The van der Waals surface area contributed by atoms with Crippen LogP contribution in [0, 0.1) is 11.7 Å². The van der Waals surface area contributed by atoms with Crippen molar-refractivity contribution in [2.24, 2.45) is 5.92 Å². The van der Waals surface area contributed by atoms with Crippen molar-refractivity contribution in [3.63, 3.8) is 0 Å². The van der Waals surface area contributed by atoms with Gasteiger partial charge in [0.1, 0.15) is 23.0 Å². The van der Waals surface area contributed by atoms with E-state index in [4.69, 9.17) is 4.42 Å². The molecule has 0 aliphatic carbocycles. The summed E-state index contributed by atoms with van der Waals surface area (Å²) in [5, 5.41) is 10.4. The van der Waals surface area contributed by atoms with Gasteiger partial charge in [-0.3, -0.25) is 4.79 Å². The highest BCUT2D eigenvalue weighted by Crippen LogP contribution is 2.31. The first-order chi connectivity index (χ1) is 12.2. The van der Waals surface area contributed by atoms with E-state index in [9.17, 15) is 22.7 Å². The normalized spacial score (nSPS) is 13.5. The number of sulfonamides is 1. The van der Waals surface area contributed by atoms with Crippen molar-refractivity contribution in [1.29, 1.82) is 0 Å². The van der Waals surface area contributed by atoms with Crippen molar-refractivity contribution < 1.29 is 27.1 Å². The first-order valence-corrected chi connectivity index (χ1v) is 9.52. The predicted octanol–water partition coefficient (Wildman–Crippen LogP) is 3.50. The van der Waals surface area contributed by atoms with Gasteiger partial charge in [-0.2, -0.15) is 4.72 Å². The Labute approximate surface area is 149 Å². The first kappa shape index (κ1) is 18.3. The van der Waals surface area contributed by atoms with E-state index in [0.29, 0.717) is 21.9 Å². The summed E-state index contributed by atoms with van der Waals surface area (Å²) in [6.45, 7) is 3.63. The van der Waals surface area contributed by atoms with Crippen LogP contribution < -0.4 is 4.72 Å². The van der Waals surface area contributed by atoms with Crippen LogP contribution in [0.4, 0.5) is 4.39 Å². The van der Waals surface area contributed by atoms with Crippen LogP contribution in [0.5, 0.6) is 0 Å². The third kappa shape index (κ3) is 3.56. The smallest absolute Gasteiger partial charge is 0.321 e. The van der Waals surface area contributed by atoms with Gasteiger partial charge < -0.3 is 9.52 Å². The Kier molecular flexibility index (Phi) is 4.72. The second-order valence-corrected chi connectivity index (χ2v) is 8.26. The van der Waals surface area contributed by atoms with Crippen LogP contribution in [0.15, 0.2) is 45.7 Å². The number of rotatable bonds is 6. The van der Waals surface area contributed by atoms with Crippen molar-refractivity contribution in [3.8, 4) is 0 Å². The second-order valence-electron chi connectivity index (χ2n) is 6.54. The molecule has 0 unspecified atom stereocenters. The van der Waals surface area contributed by atoms with E-state index in [0.717, 1.165) is 0 Å². The van der Waals surface area contributed by atoms with Gasteiger partial charge in [0, 0.05) is 16.8 Å². The molecular weight excluding hydrogens is 361 g/mol. The zero-order valence-corrected chi connectivity index (χ0v) is 15.0. The Morgan fingerprint density at radius 1 is 1.15 bits per heavy atom. The van der Waals surface area contributed by atoms with Crippen LogP contribution >= 0.6 is 0 Å². The maximum atomic E-state index is 13.3. The third-order valence-electron chi connectivity index (χ3n) is 4.02. The number of aliphatic carboxylic acids is 1. The van der Waals surface area contributed by atoms with Gasteiger partial charge in [-0.25, -0.2) is 12.8 Å². The van der Waals surface area contributed by atoms with Crippen molar-refractivity contribution in [3.05, 3.63) is 42.2 Å². The monoisotopic (exact) mass is 379 g/mol. The van der Waals surface area contributed by atoms with Crippen molar-refractivity contribution in [2.75, 3.05) is 0 Å². The molecule has 26 heavy (non-hydrogen) atoms. The van der Waals surface area contributed by atoms with Gasteiger partial charge in [-0.05, 0) is 42.7 Å². The Morgan fingerprint density at radius 2 is 1.88 bits per heavy atom. The van der Waals surface area contributed by atoms with Crippen LogP contribution in [0.2, 0.25) is 0 Å². The summed E-state index contributed by atoms with van der Waals surface area (Å²) in [7, 11) is -4.04. The molecule has 0 saturated heterocycles. The first-order valence-electron chi connectivity index (χ1n) is 8.04. The summed E-state index contributed by atoms with van der Waals surface area (Å²) in [6, 6.07) is 6.99. The van der Waals surface area contributed by atoms with Crippen molar-refractivity contribution >= 4 is 37.9 Å². The molecule has 0 spiro atoms. The number of fused-ring (bicyclic) bond motifs is 3. The zero-order chi connectivity index (χ0) is 19.1. The minimum absolute atomic E-state index is 0.00833. The number of furan rings is 1. The topological polar surface area (TPSA) is 96.6 Å². The molecule has 6 nitrogen and oxygen atoms in total. The SMILES string of the molecule is CC(C)C[C@H](NS(=O)(=O)c1ccc2oc3cc(F)ccc3c2c1)C(=O)O. The summed E-state index contributed by atoms with van der Waals surface area (Å²) in [5.74, 6) is -1.68. The molecule has 0 aliphatic rings. The lowest BCUT2D eigenvalue weighted by Crippen LogP contribution is -2.41. The van der Waals surface area contributed by atoms with Gasteiger partial charge in [0.2, 0.25) is 10.0 Å². The Bertz CT molecular complexity index is 1090. The molecule has 1 atom stereocenters. The lowest BCUT2D eigenvalue weighted by atomic mass is 10.1. The molecule has 0 radical (unpaired) electrons. The quantitative estimate of drug-likeness (QED) is 0.683. The van der Waals surface area contributed by atoms with Crippen molar-refractivity contribution in [2.45, 2.75) is 31.2 Å². The van der Waals surface area contributed by atoms with Gasteiger partial charge in [-0.1, -0.05) is 13.8 Å². The highest BCUT2D eigenvalue weighted by molar-refractivity contribution is 7.89. The highest BCUT2D eigenvalue weighted by atomic mass is 32.2. The minimum Gasteiger partial charge on any atom is -0.480 e. The fourth-order valence-corrected chi connectivity index (χ4v) is 4.05. The molecule has 8 heteroatoms. The van der Waals surface area contributed by atoms with E-state index in [1.807, 2.05) is 13.8 Å². The van der Waals surface area contributed by atoms with E-state index < -0.39 is 27.9 Å². The summed E-state index contributed by atoms with van der Waals surface area (Å²) < 4.78 is 46.3. The van der Waals surface area contributed by atoms with Crippen LogP contribution in [0.1, 0.15) is 20.3 Å². The Hall–Kier alpha value is -2.45. The number of benzene rings is 2. The Balaban J connectivity index is 2.03. The fraction of sp³-hybridized carbons (Fsp3) is 0.278. The number of carboxylic acids is 1. The molecular formula is C18H18FNO5S. The molecule has 0 fully saturated rings. The van der Waals surface area contributed by atoms with Gasteiger partial charge in [0.05, 0.1) is 4.90 Å². The van der Waals surface area contributed by atoms with Gasteiger partial charge in [-0.15, -0.1) is 0 Å². The molecule has 3 rings (SSSR count). The van der Waals surface area contributed by atoms with Crippen LogP contribution in [0.3, 0.4) is 0 Å². The number of hydrogen-bond donors (Lipinski definition) is 2. The number of hydrogen-bond acceptors (Lipinski definition) is 4. The third-order valence-corrected chi connectivity index (χ3v) is 5.49. The highest BCUT2D eigenvalue weighted by Gasteiger charge is 2.26. The lowest BCUT2D eigenvalue weighted by Gasteiger charge is -2.16. The van der Waals surface area contributed by atoms with Crippen LogP contribution in [0.25, 0.3) is 21.9 Å². The minimum atomic E-state index is -4.04. The predicted molar refractivity (Wildman–Crippen MR) is 94.9 cm³/mol. The number of nitrogens with one attached hydrogen (secondary N) is 1. The van der Waals surface area contributed by atoms with E-state index in [2.05, 4.69) is 4.72 Å². The molecule has 0 aliphatic heterocycles. The second kappa shape index (κ2) is 6.69.